The van der Waals surface area contributed by atoms with Gasteiger partial charge in [0.15, 0.2) is 0 Å². The van der Waals surface area contributed by atoms with Crippen molar-refractivity contribution in [1.29, 1.82) is 0 Å². The van der Waals surface area contributed by atoms with E-state index in [0.29, 0.717) is 6.54 Å². The van der Waals surface area contributed by atoms with Gasteiger partial charge in [-0.15, -0.1) is 0 Å². The van der Waals surface area contributed by atoms with Crippen LogP contribution in [0.5, 0.6) is 0 Å². The molecule has 1 aliphatic rings. The van der Waals surface area contributed by atoms with Gasteiger partial charge >= 0.3 is 6.03 Å². The van der Waals surface area contributed by atoms with Gasteiger partial charge in [-0.2, -0.15) is 0 Å². The highest BCUT2D eigenvalue weighted by Crippen LogP contribution is 2.18. The Balaban J connectivity index is 1.98. The van der Waals surface area contributed by atoms with Crippen LogP contribution in [0.4, 0.5) is 4.79 Å². The summed E-state index contributed by atoms with van der Waals surface area (Å²) in [6.07, 6.45) is 1.95. The summed E-state index contributed by atoms with van der Waals surface area (Å²) in [5.41, 5.74) is 1.06. The number of benzene rings is 1. The number of amides is 3. The Morgan fingerprint density at radius 1 is 1.25 bits per heavy atom. The summed E-state index contributed by atoms with van der Waals surface area (Å²) in [4.78, 5) is 25.8. The van der Waals surface area contributed by atoms with Gasteiger partial charge in [0.2, 0.25) is 5.91 Å². The molecule has 0 aliphatic heterocycles. The number of rotatable bonds is 8. The summed E-state index contributed by atoms with van der Waals surface area (Å²) in [6.45, 7) is 4.59. The molecule has 132 valence electrons. The molecule has 1 unspecified atom stereocenters. The summed E-state index contributed by atoms with van der Waals surface area (Å²) < 4.78 is 0. The average Bonchev–Trinajstić information content (AvgIpc) is 3.32. The van der Waals surface area contributed by atoms with Gasteiger partial charge in [-0.05, 0) is 24.3 Å². The summed E-state index contributed by atoms with van der Waals surface area (Å²) in [7, 11) is 0. The van der Waals surface area contributed by atoms with E-state index in [1.54, 1.807) is 0 Å². The Bertz CT molecular complexity index is 544. The minimum atomic E-state index is -0.438. The highest BCUT2D eigenvalue weighted by atomic mass is 16.3. The van der Waals surface area contributed by atoms with E-state index in [-0.39, 0.29) is 37.1 Å². The van der Waals surface area contributed by atoms with Crippen molar-refractivity contribution in [3.63, 3.8) is 0 Å². The van der Waals surface area contributed by atoms with Gasteiger partial charge in [0, 0.05) is 18.6 Å². The Labute approximate surface area is 143 Å². The van der Waals surface area contributed by atoms with Crippen molar-refractivity contribution >= 4 is 11.9 Å². The molecule has 6 nitrogen and oxygen atoms in total. The topological polar surface area (TPSA) is 81.7 Å². The van der Waals surface area contributed by atoms with E-state index in [1.165, 1.54) is 0 Å². The highest BCUT2D eigenvalue weighted by Gasteiger charge is 2.26. The fraction of sp³-hybridized carbons (Fsp3) is 0.556. The van der Waals surface area contributed by atoms with Crippen LogP contribution in [0, 0.1) is 5.92 Å². The number of carbonyl (C=O) groups is 2. The predicted octanol–water partition coefficient (Wildman–Crippen LogP) is 1.49. The van der Waals surface area contributed by atoms with E-state index in [0.717, 1.165) is 18.4 Å². The van der Waals surface area contributed by atoms with Gasteiger partial charge in [-0.1, -0.05) is 44.2 Å². The molecule has 2 rings (SSSR count). The van der Waals surface area contributed by atoms with Crippen LogP contribution < -0.4 is 10.6 Å². The van der Waals surface area contributed by atoms with Crippen molar-refractivity contribution in [3.8, 4) is 0 Å². The lowest BCUT2D eigenvalue weighted by atomic mass is 10.0. The zero-order valence-corrected chi connectivity index (χ0v) is 14.4. The van der Waals surface area contributed by atoms with Crippen molar-refractivity contribution in [2.24, 2.45) is 5.92 Å². The number of aliphatic hydroxyl groups is 1. The lowest BCUT2D eigenvalue weighted by Crippen LogP contribution is -2.49. The monoisotopic (exact) mass is 333 g/mol. The van der Waals surface area contributed by atoms with Crippen molar-refractivity contribution in [2.75, 3.05) is 13.2 Å². The van der Waals surface area contributed by atoms with Crippen LogP contribution in [0.25, 0.3) is 0 Å². The fourth-order valence-electron chi connectivity index (χ4n) is 2.66. The fourth-order valence-corrected chi connectivity index (χ4v) is 2.66. The van der Waals surface area contributed by atoms with Crippen LogP contribution in [-0.4, -0.2) is 47.2 Å². The van der Waals surface area contributed by atoms with E-state index < -0.39 is 6.03 Å². The first kappa shape index (κ1) is 18.4. The van der Waals surface area contributed by atoms with Crippen molar-refractivity contribution in [3.05, 3.63) is 35.9 Å². The zero-order chi connectivity index (χ0) is 17.5. The molecule has 1 saturated carbocycles. The number of urea groups is 1. The quantitative estimate of drug-likeness (QED) is 0.673. The molecule has 1 aliphatic carbocycles. The standard InChI is InChI=1S/C18H27N3O3/c1-13(2)16(12-22)21(10-14-6-4-3-5-7-14)11-17(23)20-18(24)19-15-8-9-15/h3-7,13,15-16,22H,8-12H2,1-2H3,(H2,19,20,23,24). The van der Waals surface area contributed by atoms with Gasteiger partial charge in [-0.3, -0.25) is 15.0 Å². The van der Waals surface area contributed by atoms with Crippen molar-refractivity contribution in [1.82, 2.24) is 15.5 Å². The van der Waals surface area contributed by atoms with E-state index in [1.807, 2.05) is 49.1 Å². The van der Waals surface area contributed by atoms with Gasteiger partial charge in [0.05, 0.1) is 13.2 Å². The molecular formula is C18H27N3O3. The molecule has 3 N–H and O–H groups in total. The number of nitrogens with one attached hydrogen (secondary N) is 2. The average molecular weight is 333 g/mol. The maximum Gasteiger partial charge on any atom is 0.321 e. The number of imide groups is 1. The Morgan fingerprint density at radius 3 is 2.46 bits per heavy atom. The van der Waals surface area contributed by atoms with Crippen LogP contribution in [0.1, 0.15) is 32.3 Å². The molecule has 1 fully saturated rings. The molecule has 1 aromatic carbocycles. The Morgan fingerprint density at radius 2 is 1.92 bits per heavy atom. The number of carbonyl (C=O) groups excluding carboxylic acids is 2. The first-order valence-electron chi connectivity index (χ1n) is 8.48. The van der Waals surface area contributed by atoms with Crippen LogP contribution in [0.3, 0.4) is 0 Å². The number of nitrogens with zero attached hydrogens (tertiary/aromatic N) is 1. The zero-order valence-electron chi connectivity index (χ0n) is 14.4. The molecule has 1 aromatic rings. The minimum absolute atomic E-state index is 0.0357. The number of hydrogen-bond donors (Lipinski definition) is 3. The first-order chi connectivity index (χ1) is 11.5. The lowest BCUT2D eigenvalue weighted by Gasteiger charge is -2.32. The normalized spacial score (nSPS) is 15.4. The molecular weight excluding hydrogens is 306 g/mol. The second kappa shape index (κ2) is 8.80. The molecule has 3 amide bonds. The third kappa shape index (κ3) is 5.94. The third-order valence-electron chi connectivity index (χ3n) is 4.17. The highest BCUT2D eigenvalue weighted by molar-refractivity contribution is 5.95. The SMILES string of the molecule is CC(C)C(CO)N(CC(=O)NC(=O)NC1CC1)Cc1ccccc1. The summed E-state index contributed by atoms with van der Waals surface area (Å²) in [5, 5.41) is 14.8. The second-order valence-corrected chi connectivity index (χ2v) is 6.68. The van der Waals surface area contributed by atoms with E-state index in [9.17, 15) is 14.7 Å². The number of aliphatic hydroxyl groups excluding tert-OH is 1. The molecule has 6 heteroatoms. The van der Waals surface area contributed by atoms with Crippen LogP contribution >= 0.6 is 0 Å². The first-order valence-corrected chi connectivity index (χ1v) is 8.48. The summed E-state index contributed by atoms with van der Waals surface area (Å²) in [6, 6.07) is 9.42. The molecule has 0 saturated heterocycles. The largest absolute Gasteiger partial charge is 0.395 e. The molecule has 0 radical (unpaired) electrons. The van der Waals surface area contributed by atoms with Crippen molar-refractivity contribution in [2.45, 2.75) is 45.3 Å². The summed E-state index contributed by atoms with van der Waals surface area (Å²) in [5.74, 6) is -0.171. The Hall–Kier alpha value is -1.92. The van der Waals surface area contributed by atoms with Crippen molar-refractivity contribution < 1.29 is 14.7 Å². The maximum absolute atomic E-state index is 12.2. The van der Waals surface area contributed by atoms with E-state index >= 15 is 0 Å². The molecule has 24 heavy (non-hydrogen) atoms. The predicted molar refractivity (Wildman–Crippen MR) is 92.3 cm³/mol. The molecule has 1 atom stereocenters. The maximum atomic E-state index is 12.2. The Kier molecular flexibility index (Phi) is 6.75. The number of hydrogen-bond acceptors (Lipinski definition) is 4. The van der Waals surface area contributed by atoms with Gasteiger partial charge in [-0.25, -0.2) is 4.79 Å². The van der Waals surface area contributed by atoms with Gasteiger partial charge in [0.1, 0.15) is 0 Å². The summed E-state index contributed by atoms with van der Waals surface area (Å²) >= 11 is 0. The van der Waals surface area contributed by atoms with Crippen LogP contribution in [-0.2, 0) is 11.3 Å². The molecule has 0 spiro atoms. The molecule has 0 heterocycles. The smallest absolute Gasteiger partial charge is 0.321 e. The van der Waals surface area contributed by atoms with Crippen LogP contribution in [0.15, 0.2) is 30.3 Å². The second-order valence-electron chi connectivity index (χ2n) is 6.68. The van der Waals surface area contributed by atoms with Gasteiger partial charge in [0.25, 0.3) is 0 Å². The third-order valence-corrected chi connectivity index (χ3v) is 4.17. The molecule has 0 aromatic heterocycles. The minimum Gasteiger partial charge on any atom is -0.395 e. The van der Waals surface area contributed by atoms with E-state index in [2.05, 4.69) is 10.6 Å². The molecule has 0 bridgehead atoms. The lowest BCUT2D eigenvalue weighted by molar-refractivity contribution is -0.122. The van der Waals surface area contributed by atoms with E-state index in [4.69, 9.17) is 0 Å². The van der Waals surface area contributed by atoms with Gasteiger partial charge < -0.3 is 10.4 Å². The van der Waals surface area contributed by atoms with Crippen LogP contribution in [0.2, 0.25) is 0 Å².